The van der Waals surface area contributed by atoms with Crippen molar-refractivity contribution in [1.82, 2.24) is 10.2 Å². The van der Waals surface area contributed by atoms with Gasteiger partial charge < -0.3 is 16.0 Å². The molecular formula is C16H31N3O. The van der Waals surface area contributed by atoms with Crippen LogP contribution in [0.1, 0.15) is 58.3 Å². The van der Waals surface area contributed by atoms with E-state index in [1.54, 1.807) is 0 Å². The Bertz CT molecular complexity index is 326. The van der Waals surface area contributed by atoms with Crippen molar-refractivity contribution in [2.45, 2.75) is 69.9 Å². The summed E-state index contributed by atoms with van der Waals surface area (Å²) < 4.78 is 0. The first kappa shape index (κ1) is 15.8. The lowest BCUT2D eigenvalue weighted by molar-refractivity contribution is -0.126. The summed E-state index contributed by atoms with van der Waals surface area (Å²) >= 11 is 0. The molecule has 2 fully saturated rings. The molecule has 0 aromatic heterocycles. The van der Waals surface area contributed by atoms with Gasteiger partial charge in [-0.2, -0.15) is 0 Å². The topological polar surface area (TPSA) is 58.4 Å². The number of hydrogen-bond acceptors (Lipinski definition) is 3. The zero-order valence-electron chi connectivity index (χ0n) is 13.2. The minimum absolute atomic E-state index is 0.175. The van der Waals surface area contributed by atoms with Gasteiger partial charge in [0.15, 0.2) is 0 Å². The van der Waals surface area contributed by atoms with Crippen LogP contribution in [0.5, 0.6) is 0 Å². The van der Waals surface area contributed by atoms with E-state index >= 15 is 0 Å². The summed E-state index contributed by atoms with van der Waals surface area (Å²) in [6.45, 7) is 4.68. The molecule has 1 heterocycles. The predicted octanol–water partition coefficient (Wildman–Crippen LogP) is 1.88. The van der Waals surface area contributed by atoms with Crippen LogP contribution in [0.15, 0.2) is 0 Å². The Morgan fingerprint density at radius 2 is 2.05 bits per heavy atom. The van der Waals surface area contributed by atoms with Gasteiger partial charge in [-0.3, -0.25) is 4.79 Å². The Morgan fingerprint density at radius 1 is 1.35 bits per heavy atom. The molecule has 2 unspecified atom stereocenters. The Labute approximate surface area is 123 Å². The average Bonchev–Trinajstić information content (AvgIpc) is 2.48. The maximum atomic E-state index is 11.8. The smallest absolute Gasteiger partial charge is 0.237 e. The molecule has 0 spiro atoms. The molecule has 1 saturated heterocycles. The normalized spacial score (nSPS) is 33.2. The van der Waals surface area contributed by atoms with Crippen molar-refractivity contribution in [3.63, 3.8) is 0 Å². The van der Waals surface area contributed by atoms with E-state index in [4.69, 9.17) is 5.73 Å². The Hall–Kier alpha value is -0.610. The van der Waals surface area contributed by atoms with E-state index in [9.17, 15) is 4.79 Å². The van der Waals surface area contributed by atoms with E-state index in [0.29, 0.717) is 6.04 Å². The van der Waals surface area contributed by atoms with E-state index in [2.05, 4.69) is 17.1 Å². The first-order valence-electron chi connectivity index (χ1n) is 8.34. The second-order valence-corrected chi connectivity index (χ2v) is 6.71. The summed E-state index contributed by atoms with van der Waals surface area (Å²) in [4.78, 5) is 14.4. The predicted molar refractivity (Wildman–Crippen MR) is 82.4 cm³/mol. The maximum Gasteiger partial charge on any atom is 0.237 e. The van der Waals surface area contributed by atoms with Crippen molar-refractivity contribution in [2.24, 2.45) is 11.7 Å². The van der Waals surface area contributed by atoms with Crippen LogP contribution in [0.25, 0.3) is 0 Å². The molecule has 4 nitrogen and oxygen atoms in total. The Balaban J connectivity index is 1.91. The lowest BCUT2D eigenvalue weighted by Gasteiger charge is -2.45. The van der Waals surface area contributed by atoms with Crippen LogP contribution < -0.4 is 11.1 Å². The summed E-state index contributed by atoms with van der Waals surface area (Å²) in [5.74, 6) is 0.746. The quantitative estimate of drug-likeness (QED) is 0.809. The second-order valence-electron chi connectivity index (χ2n) is 6.71. The maximum absolute atomic E-state index is 11.8. The summed E-state index contributed by atoms with van der Waals surface area (Å²) in [6, 6.07) is 0.534. The fourth-order valence-corrected chi connectivity index (χ4v) is 4.15. The average molecular weight is 281 g/mol. The van der Waals surface area contributed by atoms with Gasteiger partial charge in [0.05, 0.1) is 5.54 Å². The molecule has 1 saturated carbocycles. The van der Waals surface area contributed by atoms with Crippen LogP contribution in [0.3, 0.4) is 0 Å². The lowest BCUT2D eigenvalue weighted by Crippen LogP contribution is -2.60. The molecule has 0 aromatic rings. The summed E-state index contributed by atoms with van der Waals surface area (Å²) in [6.07, 6.45) is 9.43. The van der Waals surface area contributed by atoms with Crippen molar-refractivity contribution in [3.8, 4) is 0 Å². The number of primary amides is 1. The van der Waals surface area contributed by atoms with Gasteiger partial charge in [-0.25, -0.2) is 0 Å². The molecule has 0 bridgehead atoms. The highest BCUT2D eigenvalue weighted by Crippen LogP contribution is 2.33. The number of hydrogen-bond donors (Lipinski definition) is 2. The van der Waals surface area contributed by atoms with Crippen molar-refractivity contribution in [1.29, 1.82) is 0 Å². The first-order valence-corrected chi connectivity index (χ1v) is 8.34. The minimum Gasteiger partial charge on any atom is -0.368 e. The number of amides is 1. The highest BCUT2D eigenvalue weighted by Gasteiger charge is 2.42. The Kier molecular flexibility index (Phi) is 5.44. The molecule has 1 aliphatic heterocycles. The van der Waals surface area contributed by atoms with Gasteiger partial charge in [0.25, 0.3) is 0 Å². The van der Waals surface area contributed by atoms with Gasteiger partial charge in [-0.05, 0) is 64.6 Å². The number of carbonyl (C=O) groups is 1. The largest absolute Gasteiger partial charge is 0.368 e. The molecule has 116 valence electrons. The zero-order chi connectivity index (χ0) is 14.6. The number of likely N-dealkylation sites (N-methyl/N-ethyl adjacent to an activating group) is 1. The van der Waals surface area contributed by atoms with E-state index in [1.165, 1.54) is 45.2 Å². The van der Waals surface area contributed by atoms with E-state index < -0.39 is 5.54 Å². The Morgan fingerprint density at radius 3 is 2.60 bits per heavy atom. The van der Waals surface area contributed by atoms with Crippen molar-refractivity contribution in [2.75, 3.05) is 20.1 Å². The zero-order valence-corrected chi connectivity index (χ0v) is 13.2. The van der Waals surface area contributed by atoms with Crippen molar-refractivity contribution >= 4 is 5.91 Å². The molecule has 3 N–H and O–H groups in total. The van der Waals surface area contributed by atoms with E-state index in [-0.39, 0.29) is 5.91 Å². The van der Waals surface area contributed by atoms with Crippen LogP contribution >= 0.6 is 0 Å². The monoisotopic (exact) mass is 281 g/mol. The highest BCUT2D eigenvalue weighted by molar-refractivity contribution is 5.84. The molecule has 1 amide bonds. The third-order valence-corrected chi connectivity index (χ3v) is 5.54. The van der Waals surface area contributed by atoms with Gasteiger partial charge >= 0.3 is 0 Å². The molecule has 4 heteroatoms. The van der Waals surface area contributed by atoms with Gasteiger partial charge in [-0.1, -0.05) is 19.8 Å². The van der Waals surface area contributed by atoms with E-state index in [0.717, 1.165) is 25.2 Å². The molecular weight excluding hydrogens is 250 g/mol. The van der Waals surface area contributed by atoms with Gasteiger partial charge in [0.2, 0.25) is 5.91 Å². The summed E-state index contributed by atoms with van der Waals surface area (Å²) in [5, 5.41) is 3.21. The number of carbonyl (C=O) groups excluding carboxylic acids is 1. The highest BCUT2D eigenvalue weighted by atomic mass is 16.1. The fourth-order valence-electron chi connectivity index (χ4n) is 4.15. The van der Waals surface area contributed by atoms with Gasteiger partial charge in [-0.15, -0.1) is 0 Å². The standard InChI is InChI=1S/C16H31N3O/c1-3-5-13-7-10-19(11-8-13)14-6-4-9-16(12-14,18-2)15(17)20/h13-14,18H,3-12H2,1-2H3,(H2,17,20). The summed E-state index contributed by atoms with van der Waals surface area (Å²) in [7, 11) is 1.88. The van der Waals surface area contributed by atoms with Crippen LogP contribution in [0.4, 0.5) is 0 Å². The molecule has 2 rings (SSSR count). The molecule has 1 aliphatic carbocycles. The van der Waals surface area contributed by atoms with E-state index in [1.807, 2.05) is 7.05 Å². The van der Waals surface area contributed by atoms with Crippen LogP contribution in [-0.4, -0.2) is 42.5 Å². The third-order valence-electron chi connectivity index (χ3n) is 5.54. The number of nitrogens with two attached hydrogens (primary N) is 1. The minimum atomic E-state index is -0.469. The molecule has 0 radical (unpaired) electrons. The number of rotatable bonds is 5. The molecule has 0 aromatic carbocycles. The molecule has 20 heavy (non-hydrogen) atoms. The van der Waals surface area contributed by atoms with Crippen LogP contribution in [0.2, 0.25) is 0 Å². The molecule has 2 aliphatic rings. The van der Waals surface area contributed by atoms with Crippen LogP contribution in [-0.2, 0) is 4.79 Å². The first-order chi connectivity index (χ1) is 9.61. The number of likely N-dealkylation sites (tertiary alicyclic amines) is 1. The third kappa shape index (κ3) is 3.34. The molecule has 2 atom stereocenters. The lowest BCUT2D eigenvalue weighted by atomic mass is 9.77. The van der Waals surface area contributed by atoms with Crippen LogP contribution in [0, 0.1) is 5.92 Å². The van der Waals surface area contributed by atoms with Crippen molar-refractivity contribution in [3.05, 3.63) is 0 Å². The summed E-state index contributed by atoms with van der Waals surface area (Å²) in [5.41, 5.74) is 5.18. The second kappa shape index (κ2) is 6.90. The van der Waals surface area contributed by atoms with Crippen molar-refractivity contribution < 1.29 is 4.79 Å². The SMILES string of the molecule is CCCC1CCN(C2CCCC(NC)(C(N)=O)C2)CC1. The number of nitrogens with zero attached hydrogens (tertiary/aromatic N) is 1. The number of piperidine rings is 1. The number of nitrogens with one attached hydrogen (secondary N) is 1. The fraction of sp³-hybridized carbons (Fsp3) is 0.938. The van der Waals surface area contributed by atoms with Gasteiger partial charge in [0.1, 0.15) is 0 Å². The van der Waals surface area contributed by atoms with Gasteiger partial charge in [0, 0.05) is 6.04 Å².